The molecule has 5 aromatic rings. The monoisotopic (exact) mass is 557 g/mol. The van der Waals surface area contributed by atoms with Crippen LogP contribution in [0.5, 0.6) is 11.6 Å². The molecule has 6 nitrogen and oxygen atoms in total. The maximum Gasteiger partial charge on any atom is 0.242 e. The Bertz CT molecular complexity index is 1640. The summed E-state index contributed by atoms with van der Waals surface area (Å²) in [4.78, 5) is 36.8. The smallest absolute Gasteiger partial charge is 0.242 e. The van der Waals surface area contributed by atoms with Crippen LogP contribution in [-0.4, -0.2) is 26.9 Å². The molecular formula is C29H20ClN3O3S2. The van der Waals surface area contributed by atoms with Crippen LogP contribution >= 0.6 is 34.7 Å². The predicted octanol–water partition coefficient (Wildman–Crippen LogP) is 6.63. The number of piperidine rings is 1. The highest BCUT2D eigenvalue weighted by atomic mass is 35.5. The summed E-state index contributed by atoms with van der Waals surface area (Å²) in [6.07, 6.45) is 1.80. The minimum atomic E-state index is -1.11. The van der Waals surface area contributed by atoms with E-state index in [1.165, 1.54) is 23.1 Å². The number of Topliss-reactive ketones (excluding diaryl/α,β-unsaturated/α-hetero) is 1. The van der Waals surface area contributed by atoms with Gasteiger partial charge in [0.05, 0.1) is 16.2 Å². The van der Waals surface area contributed by atoms with Gasteiger partial charge in [-0.05, 0) is 64.9 Å². The molecule has 0 bridgehead atoms. The number of halogens is 1. The maximum absolute atomic E-state index is 13.5. The second-order valence-electron chi connectivity index (χ2n) is 8.80. The van der Waals surface area contributed by atoms with Crippen LogP contribution < -0.4 is 10.1 Å². The van der Waals surface area contributed by atoms with E-state index in [0.717, 1.165) is 16.5 Å². The number of ether oxygens (including phenoxy) is 1. The summed E-state index contributed by atoms with van der Waals surface area (Å²) in [6.45, 7) is 0. The first-order valence-corrected chi connectivity index (χ1v) is 14.0. The van der Waals surface area contributed by atoms with Crippen LogP contribution in [0.4, 0.5) is 0 Å². The normalized spacial score (nSPS) is 19.3. The number of amides is 1. The molecule has 4 heterocycles. The summed E-state index contributed by atoms with van der Waals surface area (Å²) < 4.78 is 6.09. The van der Waals surface area contributed by atoms with Crippen LogP contribution in [0.3, 0.4) is 0 Å². The number of nitrogens with one attached hydrogen (secondary N) is 1. The van der Waals surface area contributed by atoms with Gasteiger partial charge in [0.2, 0.25) is 11.8 Å². The van der Waals surface area contributed by atoms with Gasteiger partial charge in [-0.1, -0.05) is 35.9 Å². The maximum atomic E-state index is 13.5. The standard InChI is InChI=1S/C29H20ClN3O3S2/c30-21-6-1-2-7-24(21)38-27-23(34)16-29(33-28(27)35,19-12-14-37-17-19)25-8-3-9-26(32-25)36-20-10-11-22-18(15-20)5-4-13-31-22/h1-15,17,27H,16H2,(H,33,35). The Balaban J connectivity index is 1.33. The van der Waals surface area contributed by atoms with Crippen LogP contribution in [0.2, 0.25) is 5.02 Å². The summed E-state index contributed by atoms with van der Waals surface area (Å²) in [6, 6.07) is 23.9. The Morgan fingerprint density at radius 3 is 2.74 bits per heavy atom. The topological polar surface area (TPSA) is 81.2 Å². The summed E-state index contributed by atoms with van der Waals surface area (Å²) in [7, 11) is 0. The molecule has 9 heteroatoms. The molecule has 0 saturated carbocycles. The average molecular weight is 558 g/mol. The summed E-state index contributed by atoms with van der Waals surface area (Å²) in [5, 5.41) is 7.53. The SMILES string of the molecule is O=C1CC(c2ccsc2)(c2cccc(Oc3ccc4ncccc4c3)n2)NC(=O)C1Sc1ccccc1Cl. The van der Waals surface area contributed by atoms with Crippen LogP contribution in [0.1, 0.15) is 17.7 Å². The van der Waals surface area contributed by atoms with Gasteiger partial charge in [-0.2, -0.15) is 11.3 Å². The summed E-state index contributed by atoms with van der Waals surface area (Å²) in [5.74, 6) is 0.391. The third-order valence-electron chi connectivity index (χ3n) is 6.36. The molecule has 38 heavy (non-hydrogen) atoms. The van der Waals surface area contributed by atoms with Gasteiger partial charge in [0, 0.05) is 29.0 Å². The van der Waals surface area contributed by atoms with Crippen molar-refractivity contribution in [1.82, 2.24) is 15.3 Å². The number of ketones is 1. The minimum Gasteiger partial charge on any atom is -0.439 e. The van der Waals surface area contributed by atoms with Gasteiger partial charge in [0.15, 0.2) is 5.78 Å². The number of benzene rings is 2. The molecule has 3 aromatic heterocycles. The van der Waals surface area contributed by atoms with E-state index >= 15 is 0 Å². The zero-order chi connectivity index (χ0) is 26.1. The predicted molar refractivity (Wildman–Crippen MR) is 150 cm³/mol. The molecule has 0 aliphatic carbocycles. The fourth-order valence-corrected chi connectivity index (χ4v) is 6.51. The van der Waals surface area contributed by atoms with E-state index in [9.17, 15) is 9.59 Å². The number of hydrogen-bond acceptors (Lipinski definition) is 7. The Kier molecular flexibility index (Phi) is 6.61. The van der Waals surface area contributed by atoms with Crippen molar-refractivity contribution in [3.8, 4) is 11.6 Å². The molecule has 2 unspecified atom stereocenters. The molecule has 0 radical (unpaired) electrons. The number of aromatic nitrogens is 2. The molecule has 2 aromatic carbocycles. The van der Waals surface area contributed by atoms with Crippen LogP contribution in [0.15, 0.2) is 101 Å². The number of nitrogens with zero attached hydrogens (tertiary/aromatic N) is 2. The van der Waals surface area contributed by atoms with Gasteiger partial charge >= 0.3 is 0 Å². The molecule has 1 saturated heterocycles. The quantitative estimate of drug-likeness (QED) is 0.236. The van der Waals surface area contributed by atoms with Crippen LogP contribution in [-0.2, 0) is 15.1 Å². The number of carbonyl (C=O) groups excluding carboxylic acids is 2. The van der Waals surface area contributed by atoms with E-state index in [0.29, 0.717) is 27.2 Å². The molecule has 2 atom stereocenters. The van der Waals surface area contributed by atoms with Crippen molar-refractivity contribution >= 4 is 57.3 Å². The lowest BCUT2D eigenvalue weighted by Gasteiger charge is -2.39. The highest BCUT2D eigenvalue weighted by Gasteiger charge is 2.48. The van der Waals surface area contributed by atoms with Crippen molar-refractivity contribution < 1.29 is 14.3 Å². The van der Waals surface area contributed by atoms with Crippen molar-refractivity contribution in [3.63, 3.8) is 0 Å². The number of pyridine rings is 2. The van der Waals surface area contributed by atoms with Crippen LogP contribution in [0.25, 0.3) is 10.9 Å². The first kappa shape index (κ1) is 24.6. The van der Waals surface area contributed by atoms with Crippen molar-refractivity contribution in [3.05, 3.63) is 112 Å². The lowest BCUT2D eigenvalue weighted by Crippen LogP contribution is -2.58. The third-order valence-corrected chi connectivity index (χ3v) is 8.81. The average Bonchev–Trinajstić information content (AvgIpc) is 3.48. The lowest BCUT2D eigenvalue weighted by molar-refractivity contribution is -0.133. The minimum absolute atomic E-state index is 0.0513. The molecule has 1 aliphatic heterocycles. The molecular weight excluding hydrogens is 538 g/mol. The van der Waals surface area contributed by atoms with Crippen molar-refractivity contribution in [2.24, 2.45) is 0 Å². The zero-order valence-electron chi connectivity index (χ0n) is 19.8. The van der Waals surface area contributed by atoms with Crippen molar-refractivity contribution in [2.45, 2.75) is 22.1 Å². The van der Waals surface area contributed by atoms with Crippen molar-refractivity contribution in [2.75, 3.05) is 0 Å². The fraction of sp³-hybridized carbons (Fsp3) is 0.103. The Hall–Kier alpha value is -3.72. The molecule has 1 fully saturated rings. The van der Waals surface area contributed by atoms with E-state index in [1.807, 2.05) is 71.4 Å². The van der Waals surface area contributed by atoms with Gasteiger partial charge in [-0.25, -0.2) is 4.98 Å². The highest BCUT2D eigenvalue weighted by molar-refractivity contribution is 8.01. The van der Waals surface area contributed by atoms with Gasteiger partial charge in [-0.3, -0.25) is 14.6 Å². The lowest BCUT2D eigenvalue weighted by atomic mass is 9.79. The van der Waals surface area contributed by atoms with Gasteiger partial charge in [0.1, 0.15) is 16.5 Å². The summed E-state index contributed by atoms with van der Waals surface area (Å²) >= 11 is 8.96. The number of fused-ring (bicyclic) bond motifs is 1. The number of carbonyl (C=O) groups is 2. The van der Waals surface area contributed by atoms with E-state index in [-0.39, 0.29) is 18.1 Å². The molecule has 1 amide bonds. The second-order valence-corrected chi connectivity index (χ2v) is 11.1. The van der Waals surface area contributed by atoms with E-state index in [2.05, 4.69) is 10.3 Å². The van der Waals surface area contributed by atoms with E-state index < -0.39 is 10.8 Å². The number of hydrogen-bond donors (Lipinski definition) is 1. The first-order chi connectivity index (χ1) is 18.5. The van der Waals surface area contributed by atoms with E-state index in [4.69, 9.17) is 21.3 Å². The second kappa shape index (κ2) is 10.2. The Morgan fingerprint density at radius 2 is 1.92 bits per heavy atom. The molecule has 6 rings (SSSR count). The number of thiophene rings is 1. The Labute approximate surface area is 232 Å². The van der Waals surface area contributed by atoms with Crippen molar-refractivity contribution in [1.29, 1.82) is 0 Å². The molecule has 1 N–H and O–H groups in total. The van der Waals surface area contributed by atoms with Gasteiger partial charge < -0.3 is 10.1 Å². The fourth-order valence-electron chi connectivity index (χ4n) is 4.54. The largest absolute Gasteiger partial charge is 0.439 e. The zero-order valence-corrected chi connectivity index (χ0v) is 22.2. The molecule has 0 spiro atoms. The third kappa shape index (κ3) is 4.67. The number of thioether (sulfide) groups is 1. The van der Waals surface area contributed by atoms with E-state index in [1.54, 1.807) is 24.4 Å². The first-order valence-electron chi connectivity index (χ1n) is 11.8. The highest BCUT2D eigenvalue weighted by Crippen LogP contribution is 2.41. The number of rotatable bonds is 6. The summed E-state index contributed by atoms with van der Waals surface area (Å²) in [5.41, 5.74) is 1.08. The molecule has 188 valence electrons. The molecule has 1 aliphatic rings. The van der Waals surface area contributed by atoms with Gasteiger partial charge in [0.25, 0.3) is 0 Å². The Morgan fingerprint density at radius 1 is 1.03 bits per heavy atom. The van der Waals surface area contributed by atoms with Crippen LogP contribution in [0, 0.1) is 0 Å². The van der Waals surface area contributed by atoms with Gasteiger partial charge in [-0.15, -0.1) is 11.8 Å².